The van der Waals surface area contributed by atoms with Gasteiger partial charge in [0.15, 0.2) is 5.78 Å². The van der Waals surface area contributed by atoms with Crippen molar-refractivity contribution < 1.29 is 26.3 Å². The lowest BCUT2D eigenvalue weighted by Crippen LogP contribution is -3.00. The number of Topliss-reactive ketones (excluding diaryl/α,β-unsaturated/α-hetero) is 1. The van der Waals surface area contributed by atoms with Crippen molar-refractivity contribution in [2.24, 2.45) is 0 Å². The predicted octanol–water partition coefficient (Wildman–Crippen LogP) is 2.16. The minimum atomic E-state index is 0. The highest BCUT2D eigenvalue weighted by Gasteiger charge is 2.42. The van der Waals surface area contributed by atoms with Gasteiger partial charge in [-0.2, -0.15) is 0 Å². The van der Waals surface area contributed by atoms with Gasteiger partial charge in [-0.3, -0.25) is 4.79 Å². The number of hydrogen-bond donors (Lipinski definition) is 0. The highest BCUT2D eigenvalue weighted by molar-refractivity contribution is 7.11. The van der Waals surface area contributed by atoms with Crippen molar-refractivity contribution in [1.29, 1.82) is 0 Å². The second-order valence-electron chi connectivity index (χ2n) is 8.17. The minimum absolute atomic E-state index is 0. The maximum absolute atomic E-state index is 13.5. The van der Waals surface area contributed by atoms with Gasteiger partial charge in [0.1, 0.15) is 12.6 Å². The smallest absolute Gasteiger partial charge is 0.194 e. The van der Waals surface area contributed by atoms with E-state index in [1.54, 1.807) is 11.3 Å². The number of thiazole rings is 1. The number of carbonyl (C=O) groups excluding carboxylic acids is 1. The Labute approximate surface area is 184 Å². The number of aromatic nitrogens is 1. The Balaban J connectivity index is 0.00000280. The summed E-state index contributed by atoms with van der Waals surface area (Å²) in [4.78, 5) is 19.3. The Kier molecular flexibility index (Phi) is 8.41. The molecule has 0 bridgehead atoms. The summed E-state index contributed by atoms with van der Waals surface area (Å²) in [6, 6.07) is 6.43. The molecule has 154 valence electrons. The third-order valence-corrected chi connectivity index (χ3v) is 7.16. The SMILES string of the molecule is CCC(C(=O)Cc1c(C)cccc1C)[N+]1(Cc2cnc(C)s2)CCCCC1.[Br-]. The molecule has 3 rings (SSSR count). The molecule has 3 nitrogen and oxygen atoms in total. The third-order valence-electron chi connectivity index (χ3n) is 6.26. The normalized spacial score (nSPS) is 17.0. The Morgan fingerprint density at radius 1 is 1.14 bits per heavy atom. The molecule has 0 radical (unpaired) electrons. The molecule has 1 aromatic heterocycles. The lowest BCUT2D eigenvalue weighted by molar-refractivity contribution is -0.959. The highest BCUT2D eigenvalue weighted by atomic mass is 79.9. The fourth-order valence-corrected chi connectivity index (χ4v) is 5.76. The van der Waals surface area contributed by atoms with Gasteiger partial charge in [-0.05, 0) is 56.7 Å². The first kappa shape index (κ1) is 23.2. The zero-order valence-corrected chi connectivity index (χ0v) is 20.0. The molecular weight excluding hydrogens is 432 g/mol. The van der Waals surface area contributed by atoms with Crippen molar-refractivity contribution in [3.8, 4) is 0 Å². The molecular formula is C23H33BrN2OS. The van der Waals surface area contributed by atoms with Crippen LogP contribution in [0.15, 0.2) is 24.4 Å². The molecule has 1 fully saturated rings. The fourth-order valence-electron chi connectivity index (χ4n) is 4.85. The van der Waals surface area contributed by atoms with Crippen LogP contribution in [0.5, 0.6) is 0 Å². The van der Waals surface area contributed by atoms with Crippen LogP contribution in [0.2, 0.25) is 0 Å². The van der Waals surface area contributed by atoms with Crippen molar-refractivity contribution in [1.82, 2.24) is 4.98 Å². The standard InChI is InChI=1S/C23H33N2OS.BrH/c1-5-22(23(26)14-21-17(2)10-9-11-18(21)3)25(12-7-6-8-13-25)16-20-15-24-19(4)27-20;/h9-11,15,22H,5-8,12-14,16H2,1-4H3;1H/q+1;/p-1. The topological polar surface area (TPSA) is 30.0 Å². The molecule has 1 aromatic carbocycles. The van der Waals surface area contributed by atoms with Crippen LogP contribution in [-0.4, -0.2) is 34.4 Å². The lowest BCUT2D eigenvalue weighted by Gasteiger charge is -2.46. The van der Waals surface area contributed by atoms with Crippen molar-refractivity contribution in [3.05, 3.63) is 51.0 Å². The summed E-state index contributed by atoms with van der Waals surface area (Å²) in [5.74, 6) is 0.415. The van der Waals surface area contributed by atoms with Crippen LogP contribution in [0.4, 0.5) is 0 Å². The van der Waals surface area contributed by atoms with Gasteiger partial charge in [-0.1, -0.05) is 25.1 Å². The molecule has 0 aliphatic carbocycles. The van der Waals surface area contributed by atoms with Crippen molar-refractivity contribution in [2.45, 2.75) is 72.4 Å². The van der Waals surface area contributed by atoms with Crippen LogP contribution in [0.1, 0.15) is 59.2 Å². The summed E-state index contributed by atoms with van der Waals surface area (Å²) in [7, 11) is 0. The van der Waals surface area contributed by atoms with Crippen LogP contribution in [0, 0.1) is 20.8 Å². The van der Waals surface area contributed by atoms with Gasteiger partial charge >= 0.3 is 0 Å². The van der Waals surface area contributed by atoms with Crippen LogP contribution < -0.4 is 17.0 Å². The molecule has 2 heterocycles. The van der Waals surface area contributed by atoms with Gasteiger partial charge in [-0.25, -0.2) is 4.98 Å². The van der Waals surface area contributed by atoms with E-state index in [1.807, 2.05) is 6.20 Å². The monoisotopic (exact) mass is 464 g/mol. The van der Waals surface area contributed by atoms with Crippen LogP contribution in [0.25, 0.3) is 0 Å². The average Bonchev–Trinajstić information content (AvgIpc) is 3.04. The molecule has 0 spiro atoms. The van der Waals surface area contributed by atoms with E-state index in [2.05, 4.69) is 50.9 Å². The quantitative estimate of drug-likeness (QED) is 0.587. The molecule has 2 aromatic rings. The predicted molar refractivity (Wildman–Crippen MR) is 113 cm³/mol. The molecule has 0 saturated carbocycles. The van der Waals surface area contributed by atoms with Crippen molar-refractivity contribution in [2.75, 3.05) is 13.1 Å². The van der Waals surface area contributed by atoms with Crippen LogP contribution in [-0.2, 0) is 17.8 Å². The minimum Gasteiger partial charge on any atom is -1.00 e. The highest BCUT2D eigenvalue weighted by Crippen LogP contribution is 2.31. The van der Waals surface area contributed by atoms with Gasteiger partial charge < -0.3 is 21.5 Å². The summed E-state index contributed by atoms with van der Waals surface area (Å²) in [5, 5.41) is 1.12. The van der Waals surface area contributed by atoms with E-state index in [1.165, 1.54) is 40.8 Å². The Morgan fingerprint density at radius 2 is 1.79 bits per heavy atom. The van der Waals surface area contributed by atoms with Crippen molar-refractivity contribution in [3.63, 3.8) is 0 Å². The number of ketones is 1. The molecule has 1 aliphatic heterocycles. The number of aryl methyl sites for hydroxylation is 3. The number of likely N-dealkylation sites (tertiary alicyclic amines) is 1. The Hall–Kier alpha value is -1.04. The van der Waals surface area contributed by atoms with E-state index >= 15 is 0 Å². The first-order valence-corrected chi connectivity index (χ1v) is 11.1. The largest absolute Gasteiger partial charge is 1.00 e. The molecule has 1 unspecified atom stereocenters. The molecule has 1 aliphatic rings. The van der Waals surface area contributed by atoms with Gasteiger partial charge in [0.25, 0.3) is 0 Å². The number of benzene rings is 1. The van der Waals surface area contributed by atoms with Crippen molar-refractivity contribution >= 4 is 17.1 Å². The second-order valence-corrected chi connectivity index (χ2v) is 9.49. The maximum atomic E-state index is 13.5. The molecule has 1 atom stereocenters. The molecule has 28 heavy (non-hydrogen) atoms. The van der Waals surface area contributed by atoms with E-state index in [9.17, 15) is 4.79 Å². The fraction of sp³-hybridized carbons (Fsp3) is 0.565. The van der Waals surface area contributed by atoms with E-state index in [0.29, 0.717) is 12.2 Å². The molecule has 0 amide bonds. The average molecular weight is 466 g/mol. The van der Waals surface area contributed by atoms with E-state index in [0.717, 1.165) is 35.5 Å². The Bertz CT molecular complexity index is 775. The summed E-state index contributed by atoms with van der Waals surface area (Å²) >= 11 is 1.79. The summed E-state index contributed by atoms with van der Waals surface area (Å²) in [5.41, 5.74) is 3.70. The number of quaternary nitrogens is 1. The molecule has 5 heteroatoms. The number of nitrogens with zero attached hydrogens (tertiary/aromatic N) is 2. The zero-order valence-electron chi connectivity index (χ0n) is 17.6. The first-order valence-electron chi connectivity index (χ1n) is 10.3. The number of carbonyl (C=O) groups is 1. The number of hydrogen-bond acceptors (Lipinski definition) is 3. The third kappa shape index (κ3) is 5.11. The van der Waals surface area contributed by atoms with E-state index in [4.69, 9.17) is 0 Å². The number of halogens is 1. The molecule has 1 saturated heterocycles. The molecule has 0 N–H and O–H groups in total. The van der Waals surface area contributed by atoms with E-state index in [-0.39, 0.29) is 23.0 Å². The second kappa shape index (κ2) is 10.1. The van der Waals surface area contributed by atoms with E-state index < -0.39 is 0 Å². The van der Waals surface area contributed by atoms with Gasteiger partial charge in [0.05, 0.1) is 23.0 Å². The maximum Gasteiger partial charge on any atom is 0.194 e. The Morgan fingerprint density at radius 3 is 2.32 bits per heavy atom. The van der Waals surface area contributed by atoms with Gasteiger partial charge in [-0.15, -0.1) is 11.3 Å². The van der Waals surface area contributed by atoms with Crippen LogP contribution in [0.3, 0.4) is 0 Å². The van der Waals surface area contributed by atoms with Gasteiger partial charge in [0.2, 0.25) is 0 Å². The number of rotatable bonds is 7. The van der Waals surface area contributed by atoms with Gasteiger partial charge in [0, 0.05) is 19.0 Å². The summed E-state index contributed by atoms with van der Waals surface area (Å²) in [6.07, 6.45) is 7.26. The zero-order chi connectivity index (χ0) is 19.4. The van der Waals surface area contributed by atoms with Crippen LogP contribution >= 0.6 is 11.3 Å². The lowest BCUT2D eigenvalue weighted by atomic mass is 9.91. The summed E-state index contributed by atoms with van der Waals surface area (Å²) in [6.45, 7) is 11.7. The summed E-state index contributed by atoms with van der Waals surface area (Å²) < 4.78 is 0.932. The first-order chi connectivity index (χ1) is 12.9. The number of piperidine rings is 1.